The van der Waals surface area contributed by atoms with Crippen molar-refractivity contribution in [1.82, 2.24) is 9.97 Å². The molecule has 1 heterocycles. The van der Waals surface area contributed by atoms with Crippen LogP contribution < -0.4 is 14.8 Å². The minimum atomic E-state index is -4.57. The summed E-state index contributed by atoms with van der Waals surface area (Å²) in [5.74, 6) is -0.689. The topological polar surface area (TPSA) is 93.6 Å². The number of methoxy groups -OCH3 is 2. The van der Waals surface area contributed by atoms with Crippen molar-refractivity contribution in [3.8, 4) is 11.5 Å². The lowest BCUT2D eigenvalue weighted by Crippen LogP contribution is -2.10. The van der Waals surface area contributed by atoms with Crippen molar-refractivity contribution in [2.45, 2.75) is 6.18 Å². The van der Waals surface area contributed by atoms with Crippen LogP contribution in [-0.2, 0) is 6.18 Å². The highest BCUT2D eigenvalue weighted by Crippen LogP contribution is 2.33. The molecule has 0 atom stereocenters. The van der Waals surface area contributed by atoms with Crippen molar-refractivity contribution in [1.29, 1.82) is 0 Å². The second-order valence-corrected chi connectivity index (χ2v) is 5.62. The lowest BCUT2D eigenvalue weighted by Gasteiger charge is -2.13. The number of halogens is 3. The van der Waals surface area contributed by atoms with Crippen LogP contribution in [0.5, 0.6) is 11.5 Å². The fourth-order valence-electron chi connectivity index (χ4n) is 2.52. The first kappa shape index (κ1) is 19.2. The molecule has 28 heavy (non-hydrogen) atoms. The molecule has 146 valence electrons. The molecule has 0 radical (unpaired) electrons. The molecule has 2 N–H and O–H groups in total. The van der Waals surface area contributed by atoms with Crippen LogP contribution in [0, 0.1) is 0 Å². The van der Waals surface area contributed by atoms with E-state index in [4.69, 9.17) is 9.47 Å². The summed E-state index contributed by atoms with van der Waals surface area (Å²) >= 11 is 0. The number of hydrogen-bond acceptors (Lipinski definition) is 6. The van der Waals surface area contributed by atoms with E-state index in [1.54, 1.807) is 18.2 Å². The third-order valence-electron chi connectivity index (χ3n) is 3.84. The number of nitrogens with one attached hydrogen (secondary N) is 1. The van der Waals surface area contributed by atoms with Crippen LogP contribution in [0.4, 0.5) is 24.7 Å². The summed E-state index contributed by atoms with van der Waals surface area (Å²) in [7, 11) is 2.91. The van der Waals surface area contributed by atoms with Gasteiger partial charge in [0.25, 0.3) is 0 Å². The highest BCUT2D eigenvalue weighted by molar-refractivity contribution is 5.95. The first-order valence-corrected chi connectivity index (χ1v) is 7.84. The van der Waals surface area contributed by atoms with E-state index >= 15 is 0 Å². The lowest BCUT2D eigenvalue weighted by molar-refractivity contribution is -0.137. The van der Waals surface area contributed by atoms with Gasteiger partial charge in [0.15, 0.2) is 23.0 Å². The highest BCUT2D eigenvalue weighted by atomic mass is 19.4. The van der Waals surface area contributed by atoms with Gasteiger partial charge in [0.2, 0.25) is 0 Å². The van der Waals surface area contributed by atoms with Crippen LogP contribution in [0.2, 0.25) is 0 Å². The predicted octanol–water partition coefficient (Wildman–Crippen LogP) is 4.11. The minimum absolute atomic E-state index is 0.112. The number of anilines is 2. The van der Waals surface area contributed by atoms with E-state index in [0.717, 1.165) is 18.2 Å². The molecule has 0 aliphatic rings. The molecule has 3 rings (SSSR count). The monoisotopic (exact) mass is 393 g/mol. The van der Waals surface area contributed by atoms with Crippen molar-refractivity contribution in [3.05, 3.63) is 47.7 Å². The van der Waals surface area contributed by atoms with Gasteiger partial charge in [0.05, 0.1) is 30.8 Å². The number of alkyl halides is 3. The number of ether oxygens (including phenoxy) is 2. The van der Waals surface area contributed by atoms with Crippen molar-refractivity contribution < 1.29 is 32.5 Å². The van der Waals surface area contributed by atoms with Gasteiger partial charge in [-0.25, -0.2) is 14.8 Å². The zero-order valence-electron chi connectivity index (χ0n) is 14.7. The number of carbonyl (C=O) groups is 1. The Morgan fingerprint density at radius 3 is 2.32 bits per heavy atom. The average Bonchev–Trinajstić information content (AvgIpc) is 2.66. The molecule has 0 aliphatic heterocycles. The molecule has 0 saturated heterocycles. The molecule has 0 amide bonds. The number of aromatic nitrogens is 2. The van der Waals surface area contributed by atoms with Gasteiger partial charge in [-0.05, 0) is 30.3 Å². The van der Waals surface area contributed by atoms with Crippen LogP contribution in [0.25, 0.3) is 11.0 Å². The number of nitrogens with zero attached hydrogens (tertiary/aromatic N) is 2. The maximum atomic E-state index is 12.9. The second kappa shape index (κ2) is 7.22. The smallest absolute Gasteiger partial charge is 0.416 e. The maximum Gasteiger partial charge on any atom is 0.416 e. The Balaban J connectivity index is 2.07. The summed E-state index contributed by atoms with van der Waals surface area (Å²) < 4.78 is 48.9. The van der Waals surface area contributed by atoms with E-state index in [2.05, 4.69) is 15.3 Å². The first-order chi connectivity index (χ1) is 13.2. The zero-order chi connectivity index (χ0) is 20.5. The number of benzene rings is 2. The van der Waals surface area contributed by atoms with Crippen molar-refractivity contribution >= 4 is 28.5 Å². The summed E-state index contributed by atoms with van der Waals surface area (Å²) in [6, 6.07) is 7.52. The van der Waals surface area contributed by atoms with Crippen molar-refractivity contribution in [2.24, 2.45) is 0 Å². The van der Waals surface area contributed by atoms with E-state index in [-0.39, 0.29) is 16.9 Å². The molecule has 0 saturated carbocycles. The van der Waals surface area contributed by atoms with Crippen LogP contribution >= 0.6 is 0 Å². The molecule has 2 aromatic carbocycles. The van der Waals surface area contributed by atoms with E-state index in [9.17, 15) is 23.1 Å². The minimum Gasteiger partial charge on any atom is -0.493 e. The number of fused-ring (bicyclic) bond motifs is 1. The van der Waals surface area contributed by atoms with Gasteiger partial charge in [-0.2, -0.15) is 13.2 Å². The van der Waals surface area contributed by atoms with Gasteiger partial charge in [0, 0.05) is 11.8 Å². The van der Waals surface area contributed by atoms with Gasteiger partial charge >= 0.3 is 12.1 Å². The molecule has 7 nitrogen and oxygen atoms in total. The quantitative estimate of drug-likeness (QED) is 0.674. The Labute approximate surface area is 156 Å². The van der Waals surface area contributed by atoms with Crippen LogP contribution in [0.3, 0.4) is 0 Å². The number of aromatic carboxylic acids is 1. The third kappa shape index (κ3) is 3.75. The molecule has 0 aliphatic carbocycles. The molecule has 0 spiro atoms. The zero-order valence-corrected chi connectivity index (χ0v) is 14.7. The summed E-state index contributed by atoms with van der Waals surface area (Å²) in [5.41, 5.74) is -1.08. The molecular weight excluding hydrogens is 379 g/mol. The maximum absolute atomic E-state index is 12.9. The fraction of sp³-hybridized carbons (Fsp3) is 0.167. The van der Waals surface area contributed by atoms with Gasteiger partial charge in [-0.3, -0.25) is 0 Å². The highest BCUT2D eigenvalue weighted by Gasteiger charge is 2.31. The van der Waals surface area contributed by atoms with Gasteiger partial charge in [0.1, 0.15) is 0 Å². The average molecular weight is 393 g/mol. The summed E-state index contributed by atoms with van der Waals surface area (Å²) in [4.78, 5) is 19.5. The molecular formula is C18H14F3N3O4. The van der Waals surface area contributed by atoms with E-state index in [0.29, 0.717) is 17.2 Å². The Morgan fingerprint density at radius 1 is 1.00 bits per heavy atom. The number of carboxylic acid groups (broad SMARTS) is 1. The van der Waals surface area contributed by atoms with Crippen LogP contribution in [0.1, 0.15) is 16.1 Å². The molecule has 0 bridgehead atoms. The van der Waals surface area contributed by atoms with Gasteiger partial charge < -0.3 is 19.9 Å². The van der Waals surface area contributed by atoms with Crippen LogP contribution in [-0.4, -0.2) is 35.3 Å². The summed E-state index contributed by atoms with van der Waals surface area (Å²) in [6.45, 7) is 0. The summed E-state index contributed by atoms with van der Waals surface area (Å²) in [6.07, 6.45) is -4.57. The van der Waals surface area contributed by atoms with E-state index in [1.165, 1.54) is 14.2 Å². The first-order valence-electron chi connectivity index (χ1n) is 7.84. The molecule has 1 aromatic heterocycles. The van der Waals surface area contributed by atoms with Gasteiger partial charge in [-0.1, -0.05) is 0 Å². The number of rotatable bonds is 5. The fourth-order valence-corrected chi connectivity index (χ4v) is 2.52. The van der Waals surface area contributed by atoms with Crippen LogP contribution in [0.15, 0.2) is 36.4 Å². The molecule has 10 heteroatoms. The number of carboxylic acids is 1. The largest absolute Gasteiger partial charge is 0.493 e. The Bertz CT molecular complexity index is 1050. The number of hydrogen-bond donors (Lipinski definition) is 2. The second-order valence-electron chi connectivity index (χ2n) is 5.62. The molecule has 0 fully saturated rings. The Kier molecular flexibility index (Phi) is 4.95. The van der Waals surface area contributed by atoms with E-state index < -0.39 is 23.4 Å². The lowest BCUT2D eigenvalue weighted by atomic mass is 10.2. The van der Waals surface area contributed by atoms with Crippen molar-refractivity contribution in [2.75, 3.05) is 19.5 Å². The normalized spacial score (nSPS) is 11.3. The summed E-state index contributed by atoms with van der Waals surface area (Å²) in [5, 5.41) is 12.2. The third-order valence-corrected chi connectivity index (χ3v) is 3.84. The Morgan fingerprint density at radius 2 is 1.71 bits per heavy atom. The SMILES string of the molecule is COc1ccc(Nc2nc3ccc(C(F)(F)F)cc3nc2C(=O)O)cc1OC. The van der Waals surface area contributed by atoms with Gasteiger partial charge in [-0.15, -0.1) is 0 Å². The van der Waals surface area contributed by atoms with E-state index in [1.807, 2.05) is 0 Å². The predicted molar refractivity (Wildman–Crippen MR) is 94.3 cm³/mol. The van der Waals surface area contributed by atoms with Crippen molar-refractivity contribution in [3.63, 3.8) is 0 Å². The molecule has 3 aromatic rings. The Hall–Kier alpha value is -3.56. The standard InChI is InChI=1S/C18H14F3N3O4/c1-27-13-6-4-10(8-14(13)28-2)22-16-15(17(25)26)23-12-7-9(18(19,20)21)3-5-11(12)24-16/h3-8H,1-2H3,(H,22,24)(H,25,26). The molecule has 0 unspecified atom stereocenters.